The number of aromatic nitrogens is 2. The average Bonchev–Trinajstić information content (AvgIpc) is 2.18. The number of rotatable bonds is 4. The van der Waals surface area contributed by atoms with Gasteiger partial charge in [-0.05, 0) is 24.9 Å². The van der Waals surface area contributed by atoms with Gasteiger partial charge in [0.2, 0.25) is 5.28 Å². The highest BCUT2D eigenvalue weighted by Gasteiger charge is 2.00. The molecule has 4 heteroatoms. The minimum Gasteiger partial charge on any atom is -0.370 e. The van der Waals surface area contributed by atoms with Crippen molar-refractivity contribution >= 4 is 17.4 Å². The molecule has 1 aromatic heterocycles. The number of halogens is 1. The normalized spacial score (nSPS) is 9.50. The summed E-state index contributed by atoms with van der Waals surface area (Å²) in [5.74, 6) is 3.36. The van der Waals surface area contributed by atoms with Crippen LogP contribution in [0.25, 0.3) is 0 Å². The number of nitrogens with zero attached hydrogens (tertiary/aromatic N) is 2. The summed E-state index contributed by atoms with van der Waals surface area (Å²) in [5.41, 5.74) is 0.982. The first-order chi connectivity index (χ1) is 6.74. The standard InChI is InChI=1S/C10H12ClN3/c1-3-4-5-6-12-9-8(2)7-13-10(11)14-9/h1,7H,4-6H2,2H3,(H,12,13,14). The molecule has 0 fully saturated rings. The van der Waals surface area contributed by atoms with Gasteiger partial charge in [-0.1, -0.05) is 0 Å². The van der Waals surface area contributed by atoms with Crippen LogP contribution in [0.2, 0.25) is 5.28 Å². The van der Waals surface area contributed by atoms with E-state index in [4.69, 9.17) is 18.0 Å². The van der Waals surface area contributed by atoms with E-state index in [0.29, 0.717) is 0 Å². The van der Waals surface area contributed by atoms with E-state index in [1.807, 2.05) is 6.92 Å². The van der Waals surface area contributed by atoms with Crippen molar-refractivity contribution in [1.29, 1.82) is 0 Å². The predicted molar refractivity (Wildman–Crippen MR) is 58.3 cm³/mol. The second-order valence-corrected chi connectivity index (χ2v) is 3.24. The highest BCUT2D eigenvalue weighted by Crippen LogP contribution is 2.12. The topological polar surface area (TPSA) is 37.8 Å². The van der Waals surface area contributed by atoms with Gasteiger partial charge in [0.05, 0.1) is 0 Å². The monoisotopic (exact) mass is 209 g/mol. The smallest absolute Gasteiger partial charge is 0.224 e. The Bertz CT molecular complexity index is 344. The van der Waals surface area contributed by atoms with Crippen LogP contribution in [0.5, 0.6) is 0 Å². The van der Waals surface area contributed by atoms with Crippen LogP contribution >= 0.6 is 11.6 Å². The highest BCUT2D eigenvalue weighted by atomic mass is 35.5. The van der Waals surface area contributed by atoms with Crippen LogP contribution in [0.4, 0.5) is 5.82 Å². The van der Waals surface area contributed by atoms with E-state index in [1.165, 1.54) is 0 Å². The lowest BCUT2D eigenvalue weighted by Crippen LogP contribution is -2.05. The van der Waals surface area contributed by atoms with E-state index in [9.17, 15) is 0 Å². The Morgan fingerprint density at radius 1 is 1.64 bits per heavy atom. The number of anilines is 1. The maximum absolute atomic E-state index is 5.66. The Kier molecular flexibility index (Phi) is 4.21. The zero-order valence-electron chi connectivity index (χ0n) is 8.05. The Morgan fingerprint density at radius 2 is 2.43 bits per heavy atom. The van der Waals surface area contributed by atoms with Gasteiger partial charge in [-0.15, -0.1) is 12.3 Å². The maximum Gasteiger partial charge on any atom is 0.224 e. The van der Waals surface area contributed by atoms with E-state index in [2.05, 4.69) is 21.2 Å². The zero-order valence-corrected chi connectivity index (χ0v) is 8.80. The van der Waals surface area contributed by atoms with E-state index >= 15 is 0 Å². The first-order valence-corrected chi connectivity index (χ1v) is 4.78. The highest BCUT2D eigenvalue weighted by molar-refractivity contribution is 6.28. The van der Waals surface area contributed by atoms with Gasteiger partial charge < -0.3 is 5.32 Å². The number of hydrogen-bond acceptors (Lipinski definition) is 3. The second-order valence-electron chi connectivity index (χ2n) is 2.91. The summed E-state index contributed by atoms with van der Waals surface area (Å²) in [6.45, 7) is 2.73. The third-order valence-electron chi connectivity index (χ3n) is 1.73. The number of aryl methyl sites for hydroxylation is 1. The maximum atomic E-state index is 5.66. The summed E-state index contributed by atoms with van der Waals surface area (Å²) in [4.78, 5) is 7.93. The molecule has 3 nitrogen and oxygen atoms in total. The molecule has 1 heterocycles. The molecule has 0 radical (unpaired) electrons. The fraction of sp³-hybridized carbons (Fsp3) is 0.400. The summed E-state index contributed by atoms with van der Waals surface area (Å²) < 4.78 is 0. The van der Waals surface area contributed by atoms with Crippen molar-refractivity contribution in [1.82, 2.24) is 9.97 Å². The average molecular weight is 210 g/mol. The van der Waals surface area contributed by atoms with Crippen LogP contribution < -0.4 is 5.32 Å². The summed E-state index contributed by atoms with van der Waals surface area (Å²) >= 11 is 5.66. The van der Waals surface area contributed by atoms with E-state index in [-0.39, 0.29) is 5.28 Å². The van der Waals surface area contributed by atoms with Crippen LogP contribution in [0.3, 0.4) is 0 Å². The first kappa shape index (κ1) is 10.8. The first-order valence-electron chi connectivity index (χ1n) is 4.40. The molecule has 0 amide bonds. The Morgan fingerprint density at radius 3 is 3.14 bits per heavy atom. The summed E-state index contributed by atoms with van der Waals surface area (Å²) in [7, 11) is 0. The van der Waals surface area contributed by atoms with Gasteiger partial charge in [-0.2, -0.15) is 0 Å². The number of nitrogens with one attached hydrogen (secondary N) is 1. The number of terminal acetylenes is 1. The molecule has 0 bridgehead atoms. The van der Waals surface area contributed by atoms with Gasteiger partial charge in [0, 0.05) is 24.7 Å². The van der Waals surface area contributed by atoms with E-state index in [1.54, 1.807) is 6.20 Å². The third kappa shape index (κ3) is 3.23. The molecule has 0 unspecified atom stereocenters. The Labute approximate surface area is 88.9 Å². The van der Waals surface area contributed by atoms with Crippen LogP contribution in [0.1, 0.15) is 18.4 Å². The molecule has 1 aromatic rings. The van der Waals surface area contributed by atoms with Crippen molar-refractivity contribution in [3.05, 3.63) is 17.0 Å². The van der Waals surface area contributed by atoms with Crippen molar-refractivity contribution in [2.45, 2.75) is 19.8 Å². The minimum absolute atomic E-state index is 0.259. The molecule has 0 spiro atoms. The molecular weight excluding hydrogens is 198 g/mol. The lowest BCUT2D eigenvalue weighted by molar-refractivity contribution is 0.897. The van der Waals surface area contributed by atoms with E-state index in [0.717, 1.165) is 30.8 Å². The van der Waals surface area contributed by atoms with Crippen molar-refractivity contribution in [2.75, 3.05) is 11.9 Å². The molecular formula is C10H12ClN3. The van der Waals surface area contributed by atoms with Gasteiger partial charge in [0.15, 0.2) is 0 Å². The number of unbranched alkanes of at least 4 members (excludes halogenated alkanes) is 1. The van der Waals surface area contributed by atoms with Gasteiger partial charge in [0.25, 0.3) is 0 Å². The number of hydrogen-bond donors (Lipinski definition) is 1. The van der Waals surface area contributed by atoms with Crippen molar-refractivity contribution in [3.8, 4) is 12.3 Å². The van der Waals surface area contributed by atoms with Crippen LogP contribution in [0.15, 0.2) is 6.20 Å². The zero-order chi connectivity index (χ0) is 10.4. The van der Waals surface area contributed by atoms with Crippen LogP contribution in [-0.4, -0.2) is 16.5 Å². The van der Waals surface area contributed by atoms with Crippen LogP contribution in [-0.2, 0) is 0 Å². The molecule has 0 aromatic carbocycles. The van der Waals surface area contributed by atoms with Gasteiger partial charge in [-0.3, -0.25) is 0 Å². The Balaban J connectivity index is 2.50. The van der Waals surface area contributed by atoms with Crippen molar-refractivity contribution in [3.63, 3.8) is 0 Å². The lowest BCUT2D eigenvalue weighted by atomic mass is 10.3. The summed E-state index contributed by atoms with van der Waals surface area (Å²) in [5, 5.41) is 3.42. The molecule has 0 saturated heterocycles. The van der Waals surface area contributed by atoms with Gasteiger partial charge in [0.1, 0.15) is 5.82 Å². The molecule has 0 saturated carbocycles. The molecule has 1 N–H and O–H groups in total. The molecule has 1 rings (SSSR count). The van der Waals surface area contributed by atoms with E-state index < -0.39 is 0 Å². The lowest BCUT2D eigenvalue weighted by Gasteiger charge is -2.06. The van der Waals surface area contributed by atoms with Crippen molar-refractivity contribution < 1.29 is 0 Å². The molecule has 0 aliphatic heterocycles. The summed E-state index contributed by atoms with van der Waals surface area (Å²) in [6, 6.07) is 0. The molecule has 14 heavy (non-hydrogen) atoms. The van der Waals surface area contributed by atoms with Crippen LogP contribution in [0, 0.1) is 19.3 Å². The van der Waals surface area contributed by atoms with Gasteiger partial charge in [-0.25, -0.2) is 9.97 Å². The molecule has 0 aliphatic rings. The third-order valence-corrected chi connectivity index (χ3v) is 1.91. The quantitative estimate of drug-likeness (QED) is 0.470. The molecule has 0 atom stereocenters. The Hall–Kier alpha value is -1.27. The minimum atomic E-state index is 0.259. The molecule has 0 aliphatic carbocycles. The van der Waals surface area contributed by atoms with Gasteiger partial charge >= 0.3 is 0 Å². The van der Waals surface area contributed by atoms with Crippen molar-refractivity contribution in [2.24, 2.45) is 0 Å². The summed E-state index contributed by atoms with van der Waals surface area (Å²) in [6.07, 6.45) is 8.53. The predicted octanol–water partition coefficient (Wildman–Crippen LogP) is 2.26. The largest absolute Gasteiger partial charge is 0.370 e. The SMILES string of the molecule is C#CCCCNc1nc(Cl)ncc1C. The fourth-order valence-electron chi connectivity index (χ4n) is 0.997. The second kappa shape index (κ2) is 5.46. The molecule has 74 valence electrons. The fourth-order valence-corrected chi connectivity index (χ4v) is 1.13.